The quantitative estimate of drug-likeness (QED) is 0.618. The van der Waals surface area contributed by atoms with Crippen LogP contribution in [0.3, 0.4) is 0 Å². The van der Waals surface area contributed by atoms with Crippen molar-refractivity contribution in [3.8, 4) is 0 Å². The van der Waals surface area contributed by atoms with Gasteiger partial charge in [0.2, 0.25) is 5.95 Å². The zero-order chi connectivity index (χ0) is 10.4. The zero-order valence-electron chi connectivity index (χ0n) is 7.90. The molecule has 0 unspecified atom stereocenters. The van der Waals surface area contributed by atoms with Crippen molar-refractivity contribution in [3.63, 3.8) is 0 Å². The Balaban J connectivity index is 2.36. The maximum absolute atomic E-state index is 11.5. The van der Waals surface area contributed by atoms with Crippen LogP contribution in [-0.4, -0.2) is 27.0 Å². The van der Waals surface area contributed by atoms with Crippen molar-refractivity contribution in [2.24, 2.45) is 0 Å². The fraction of sp³-hybridized carbons (Fsp3) is 0.222. The van der Waals surface area contributed by atoms with Crippen LogP contribution in [0.4, 0.5) is 5.95 Å². The van der Waals surface area contributed by atoms with Crippen LogP contribution < -0.4 is 11.1 Å². The lowest BCUT2D eigenvalue weighted by Crippen LogP contribution is -2.34. The fourth-order valence-corrected chi connectivity index (χ4v) is 1.84. The van der Waals surface area contributed by atoms with Crippen LogP contribution in [0, 0.1) is 0 Å². The van der Waals surface area contributed by atoms with Crippen LogP contribution >= 0.6 is 0 Å². The summed E-state index contributed by atoms with van der Waals surface area (Å²) in [5.74, 6) is 0.159. The van der Waals surface area contributed by atoms with Crippen LogP contribution in [0.5, 0.6) is 0 Å². The minimum absolute atomic E-state index is 0.0715. The van der Waals surface area contributed by atoms with Gasteiger partial charge in [-0.05, 0) is 6.07 Å². The highest BCUT2D eigenvalue weighted by Gasteiger charge is 2.20. The van der Waals surface area contributed by atoms with E-state index in [9.17, 15) is 4.79 Å². The third-order valence-corrected chi connectivity index (χ3v) is 2.51. The topological polar surface area (TPSA) is 85.8 Å². The Bertz CT molecular complexity index is 559. The largest absolute Gasteiger partial charge is 0.368 e. The van der Waals surface area contributed by atoms with Gasteiger partial charge in [-0.3, -0.25) is 4.79 Å². The number of hydrogen-bond acceptors (Lipinski definition) is 4. The number of fused-ring (bicyclic) bond motifs is 3. The summed E-state index contributed by atoms with van der Waals surface area (Å²) in [6.45, 7) is 1.35. The third-order valence-electron chi connectivity index (χ3n) is 2.51. The zero-order valence-corrected chi connectivity index (χ0v) is 7.90. The van der Waals surface area contributed by atoms with E-state index < -0.39 is 0 Å². The fourth-order valence-electron chi connectivity index (χ4n) is 1.84. The molecule has 0 aliphatic carbocycles. The number of rotatable bonds is 0. The molecule has 1 aliphatic heterocycles. The molecule has 2 aromatic heterocycles. The predicted octanol–water partition coefficient (Wildman–Crippen LogP) is -0.243. The Kier molecular flexibility index (Phi) is 1.47. The Labute approximate surface area is 85.1 Å². The van der Waals surface area contributed by atoms with Gasteiger partial charge in [0.15, 0.2) is 0 Å². The van der Waals surface area contributed by atoms with Gasteiger partial charge >= 0.3 is 0 Å². The molecule has 15 heavy (non-hydrogen) atoms. The Hall–Kier alpha value is -2.11. The van der Waals surface area contributed by atoms with Gasteiger partial charge in [0.1, 0.15) is 11.3 Å². The van der Waals surface area contributed by atoms with Crippen molar-refractivity contribution < 1.29 is 4.79 Å². The molecule has 0 fully saturated rings. The van der Waals surface area contributed by atoms with E-state index in [0.717, 1.165) is 17.6 Å². The summed E-state index contributed by atoms with van der Waals surface area (Å²) in [6, 6.07) is 1.78. The number of hydrogen-bond donors (Lipinski definition) is 2. The number of nitrogens with zero attached hydrogens (tertiary/aromatic N) is 3. The first-order valence-electron chi connectivity index (χ1n) is 4.65. The van der Waals surface area contributed by atoms with Gasteiger partial charge in [-0.25, -0.2) is 4.98 Å². The SMILES string of the molecule is Nc1ncc2cc3n(c2n1)CCNC3=O. The molecule has 0 bridgehead atoms. The molecule has 0 radical (unpaired) electrons. The summed E-state index contributed by atoms with van der Waals surface area (Å²) >= 11 is 0. The predicted molar refractivity (Wildman–Crippen MR) is 54.3 cm³/mol. The maximum atomic E-state index is 11.5. The first kappa shape index (κ1) is 8.22. The van der Waals surface area contributed by atoms with E-state index in [1.165, 1.54) is 0 Å². The van der Waals surface area contributed by atoms with Gasteiger partial charge in [0.25, 0.3) is 5.91 Å². The van der Waals surface area contributed by atoms with E-state index in [4.69, 9.17) is 5.73 Å². The van der Waals surface area contributed by atoms with Crippen LogP contribution in [0.2, 0.25) is 0 Å². The molecule has 6 nitrogen and oxygen atoms in total. The second-order valence-electron chi connectivity index (χ2n) is 3.44. The lowest BCUT2D eigenvalue weighted by atomic mass is 10.3. The van der Waals surface area contributed by atoms with Gasteiger partial charge in [-0.2, -0.15) is 4.98 Å². The highest BCUT2D eigenvalue weighted by Crippen LogP contribution is 2.19. The molecule has 2 aromatic rings. The summed E-state index contributed by atoms with van der Waals surface area (Å²) in [7, 11) is 0. The number of anilines is 1. The van der Waals surface area contributed by atoms with Crippen molar-refractivity contribution in [1.82, 2.24) is 19.9 Å². The number of nitrogen functional groups attached to an aromatic ring is 1. The number of aromatic nitrogens is 3. The number of amides is 1. The molecule has 0 atom stereocenters. The summed E-state index contributed by atoms with van der Waals surface area (Å²) in [5.41, 5.74) is 6.87. The van der Waals surface area contributed by atoms with Crippen molar-refractivity contribution in [3.05, 3.63) is 18.0 Å². The van der Waals surface area contributed by atoms with E-state index in [2.05, 4.69) is 15.3 Å². The standard InChI is InChI=1S/C9H9N5O/c10-9-12-4-5-3-6-8(15)11-1-2-14(6)7(5)13-9/h3-4H,1-2H2,(H,11,15)(H2,10,12,13). The molecule has 0 saturated heterocycles. The normalized spacial score (nSPS) is 15.1. The molecule has 3 heterocycles. The van der Waals surface area contributed by atoms with Gasteiger partial charge in [0, 0.05) is 24.7 Å². The molecular weight excluding hydrogens is 194 g/mol. The Morgan fingerprint density at radius 2 is 2.40 bits per heavy atom. The maximum Gasteiger partial charge on any atom is 0.268 e. The van der Waals surface area contributed by atoms with Gasteiger partial charge in [-0.15, -0.1) is 0 Å². The van der Waals surface area contributed by atoms with Crippen molar-refractivity contribution in [2.45, 2.75) is 6.54 Å². The molecule has 3 N–H and O–H groups in total. The van der Waals surface area contributed by atoms with Crippen LogP contribution in [0.25, 0.3) is 11.0 Å². The molecule has 1 amide bonds. The first-order chi connectivity index (χ1) is 7.25. The van der Waals surface area contributed by atoms with Gasteiger partial charge < -0.3 is 15.6 Å². The number of carbonyl (C=O) groups excluding carboxylic acids is 1. The van der Waals surface area contributed by atoms with E-state index in [1.54, 1.807) is 12.3 Å². The lowest BCUT2D eigenvalue weighted by Gasteiger charge is -2.15. The molecule has 0 spiro atoms. The number of carbonyl (C=O) groups is 1. The van der Waals surface area contributed by atoms with Crippen molar-refractivity contribution >= 4 is 22.9 Å². The van der Waals surface area contributed by atoms with Crippen LogP contribution in [0.15, 0.2) is 12.3 Å². The van der Waals surface area contributed by atoms with Crippen molar-refractivity contribution in [1.29, 1.82) is 0 Å². The van der Waals surface area contributed by atoms with E-state index in [0.29, 0.717) is 12.2 Å². The molecule has 76 valence electrons. The highest BCUT2D eigenvalue weighted by molar-refractivity contribution is 5.98. The summed E-state index contributed by atoms with van der Waals surface area (Å²) in [5, 5.41) is 3.62. The summed E-state index contributed by atoms with van der Waals surface area (Å²) < 4.78 is 1.87. The molecule has 0 aromatic carbocycles. The van der Waals surface area contributed by atoms with E-state index >= 15 is 0 Å². The van der Waals surface area contributed by atoms with Gasteiger partial charge in [0.05, 0.1) is 0 Å². The molecule has 1 aliphatic rings. The molecule has 0 saturated carbocycles. The van der Waals surface area contributed by atoms with Crippen LogP contribution in [-0.2, 0) is 6.54 Å². The lowest BCUT2D eigenvalue weighted by molar-refractivity contribution is 0.0929. The number of nitrogens with one attached hydrogen (secondary N) is 1. The average molecular weight is 203 g/mol. The minimum Gasteiger partial charge on any atom is -0.368 e. The highest BCUT2D eigenvalue weighted by atomic mass is 16.2. The Morgan fingerprint density at radius 3 is 3.27 bits per heavy atom. The Morgan fingerprint density at radius 1 is 1.53 bits per heavy atom. The smallest absolute Gasteiger partial charge is 0.268 e. The molecule has 3 rings (SSSR count). The van der Waals surface area contributed by atoms with Crippen molar-refractivity contribution in [2.75, 3.05) is 12.3 Å². The first-order valence-corrected chi connectivity index (χ1v) is 4.65. The second-order valence-corrected chi connectivity index (χ2v) is 3.44. The monoisotopic (exact) mass is 203 g/mol. The van der Waals surface area contributed by atoms with E-state index in [-0.39, 0.29) is 11.9 Å². The molecular formula is C9H9N5O. The summed E-state index contributed by atoms with van der Waals surface area (Å²) in [4.78, 5) is 19.6. The van der Waals surface area contributed by atoms with Gasteiger partial charge in [-0.1, -0.05) is 0 Å². The van der Waals surface area contributed by atoms with E-state index in [1.807, 2.05) is 4.57 Å². The minimum atomic E-state index is -0.0715. The summed E-state index contributed by atoms with van der Waals surface area (Å²) in [6.07, 6.45) is 1.64. The van der Waals surface area contributed by atoms with Crippen LogP contribution in [0.1, 0.15) is 10.5 Å². The molecule has 6 heteroatoms. The number of nitrogens with two attached hydrogens (primary N) is 1. The third kappa shape index (κ3) is 1.08. The second kappa shape index (κ2) is 2.69. The average Bonchev–Trinajstić information content (AvgIpc) is 2.58.